The molecule has 0 unspecified atom stereocenters. The van der Waals surface area contributed by atoms with E-state index in [1.807, 2.05) is 44.1 Å². The van der Waals surface area contributed by atoms with E-state index in [0.29, 0.717) is 29.6 Å². The molecule has 10 nitrogen and oxygen atoms in total. The van der Waals surface area contributed by atoms with Crippen molar-refractivity contribution in [3.8, 4) is 5.75 Å². The van der Waals surface area contributed by atoms with Crippen molar-refractivity contribution in [1.29, 1.82) is 0 Å². The number of anilines is 4. The number of nitro groups is 1. The van der Waals surface area contributed by atoms with Gasteiger partial charge in [-0.25, -0.2) is 9.97 Å². The molecule has 1 N–H and O–H groups in total. The molecule has 1 aliphatic heterocycles. The summed E-state index contributed by atoms with van der Waals surface area (Å²) in [5.41, 5.74) is 7.56. The summed E-state index contributed by atoms with van der Waals surface area (Å²) in [7, 11) is 7.36. The number of likely N-dealkylation sites (N-methyl/N-ethyl adjacent to an activating group) is 2. The van der Waals surface area contributed by atoms with Gasteiger partial charge >= 0.3 is 0 Å². The van der Waals surface area contributed by atoms with E-state index < -0.39 is 0 Å². The summed E-state index contributed by atoms with van der Waals surface area (Å²) < 4.78 is 5.71. The number of nitrogens with zero attached hydrogens (tertiary/aromatic N) is 6. The van der Waals surface area contributed by atoms with E-state index in [1.165, 1.54) is 17.2 Å². The van der Waals surface area contributed by atoms with Crippen LogP contribution in [0, 0.1) is 17.0 Å². The lowest BCUT2D eigenvalue weighted by Gasteiger charge is -2.24. The Bertz CT molecular complexity index is 1480. The van der Waals surface area contributed by atoms with E-state index in [0.717, 1.165) is 74.3 Å². The number of methoxy groups -OCH3 is 1. The monoisotopic (exact) mass is 601 g/mol. The first-order valence-electron chi connectivity index (χ1n) is 15.5. The molecule has 4 rings (SSSR count). The maximum atomic E-state index is 12.2. The number of nitrogens with one attached hydrogen (secondary N) is 1. The molecular weight excluding hydrogens is 554 g/mol. The van der Waals surface area contributed by atoms with Gasteiger partial charge in [0.2, 0.25) is 5.95 Å². The fraction of sp³-hybridized carbons (Fsp3) is 0.471. The lowest BCUT2D eigenvalue weighted by atomic mass is 9.91. The van der Waals surface area contributed by atoms with Crippen LogP contribution in [0.5, 0.6) is 5.75 Å². The van der Waals surface area contributed by atoms with Crippen molar-refractivity contribution < 1.29 is 9.66 Å². The predicted octanol–water partition coefficient (Wildman–Crippen LogP) is 6.84. The van der Waals surface area contributed by atoms with E-state index in [9.17, 15) is 10.1 Å². The number of unbranched alkanes of at least 4 members (excludes halogenated alkanes) is 1. The van der Waals surface area contributed by atoms with Gasteiger partial charge in [-0.3, -0.25) is 10.1 Å². The van der Waals surface area contributed by atoms with Crippen LogP contribution in [-0.2, 0) is 6.42 Å². The van der Waals surface area contributed by atoms with Crippen molar-refractivity contribution in [2.45, 2.75) is 52.9 Å². The molecule has 3 aromatic rings. The molecule has 2 aromatic carbocycles. The highest BCUT2D eigenvalue weighted by atomic mass is 16.6. The topological polar surface area (TPSA) is 99.9 Å². The Kier molecular flexibility index (Phi) is 11.2. The number of aryl methyl sites for hydroxylation is 1. The summed E-state index contributed by atoms with van der Waals surface area (Å²) in [4.78, 5) is 27.9. The van der Waals surface area contributed by atoms with Crippen molar-refractivity contribution in [2.24, 2.45) is 0 Å². The Balaban J connectivity index is 1.78. The first kappa shape index (κ1) is 32.7. The minimum atomic E-state index is -0.360. The number of benzene rings is 2. The summed E-state index contributed by atoms with van der Waals surface area (Å²) in [6, 6.07) is 9.74. The lowest BCUT2D eigenvalue weighted by Crippen LogP contribution is -2.29. The third-order valence-corrected chi connectivity index (χ3v) is 8.33. The molecular formula is C34H47N7O3. The van der Waals surface area contributed by atoms with Crippen molar-refractivity contribution in [1.82, 2.24) is 14.9 Å². The number of nitro benzene ring substituents is 1. The van der Waals surface area contributed by atoms with Gasteiger partial charge in [0.25, 0.3) is 5.69 Å². The van der Waals surface area contributed by atoms with Gasteiger partial charge in [0.05, 0.1) is 35.3 Å². The van der Waals surface area contributed by atoms with Crippen LogP contribution in [-0.4, -0.2) is 74.2 Å². The van der Waals surface area contributed by atoms with Gasteiger partial charge in [0.1, 0.15) is 11.4 Å². The van der Waals surface area contributed by atoms with Crippen LogP contribution in [0.15, 0.2) is 42.6 Å². The Morgan fingerprint density at radius 3 is 2.57 bits per heavy atom. The number of rotatable bonds is 14. The standard InChI is InChI=1S/C34H47N7O3/c1-8-10-14-25-15-13-16-27(24(25)3)26(9-2)33-31(40-17-11-12-18-40)23-35-34(37-33)36-28-21-30(41(42)43)29(22-32(28)44-7)39(6)20-19-38(4)5/h9,13,15-16,21-23H,8,10-12,14,17-20H2,1-7H3,(H,35,36,37)/b26-9+. The van der Waals surface area contributed by atoms with E-state index in [4.69, 9.17) is 14.7 Å². The molecule has 10 heteroatoms. The number of hydrogen-bond acceptors (Lipinski definition) is 9. The third kappa shape index (κ3) is 7.48. The van der Waals surface area contributed by atoms with Crippen LogP contribution in [0.3, 0.4) is 0 Å². The SMILES string of the molecule is C/C=C(\c1cccc(CCCC)c1C)c1nc(Nc2cc([N+](=O)[O-])c(N(C)CCN(C)C)cc2OC)ncc1N1CCCC1. The molecule has 44 heavy (non-hydrogen) atoms. The van der Waals surface area contributed by atoms with Crippen LogP contribution in [0.1, 0.15) is 61.9 Å². The van der Waals surface area contributed by atoms with Crippen molar-refractivity contribution in [3.63, 3.8) is 0 Å². The quantitative estimate of drug-likeness (QED) is 0.157. The minimum absolute atomic E-state index is 0.0165. The molecule has 0 aliphatic carbocycles. The van der Waals surface area contributed by atoms with Crippen molar-refractivity contribution in [2.75, 3.05) is 69.5 Å². The van der Waals surface area contributed by atoms with Crippen LogP contribution >= 0.6 is 0 Å². The van der Waals surface area contributed by atoms with Gasteiger partial charge in [-0.1, -0.05) is 37.6 Å². The Hall–Kier alpha value is -4.18. The summed E-state index contributed by atoms with van der Waals surface area (Å²) in [6.45, 7) is 9.75. The fourth-order valence-electron chi connectivity index (χ4n) is 5.72. The van der Waals surface area contributed by atoms with Crippen LogP contribution in [0.2, 0.25) is 0 Å². The summed E-state index contributed by atoms with van der Waals surface area (Å²) in [5, 5.41) is 15.4. The smallest absolute Gasteiger partial charge is 0.294 e. The zero-order chi connectivity index (χ0) is 31.8. The average Bonchev–Trinajstić information content (AvgIpc) is 3.55. The first-order valence-corrected chi connectivity index (χ1v) is 15.5. The molecule has 1 aliphatic rings. The minimum Gasteiger partial charge on any atom is -0.494 e. The van der Waals surface area contributed by atoms with Gasteiger partial charge in [0.15, 0.2) is 0 Å². The predicted molar refractivity (Wildman–Crippen MR) is 181 cm³/mol. The second-order valence-electron chi connectivity index (χ2n) is 11.7. The highest BCUT2D eigenvalue weighted by Gasteiger charge is 2.25. The zero-order valence-corrected chi connectivity index (χ0v) is 27.3. The Morgan fingerprint density at radius 2 is 1.93 bits per heavy atom. The molecule has 0 radical (unpaired) electrons. The van der Waals surface area contributed by atoms with Crippen molar-refractivity contribution in [3.05, 3.63) is 75.1 Å². The molecule has 1 saturated heterocycles. The van der Waals surface area contributed by atoms with E-state index in [1.54, 1.807) is 13.2 Å². The molecule has 0 amide bonds. The first-order chi connectivity index (χ1) is 21.2. The molecule has 1 fully saturated rings. The molecule has 1 aromatic heterocycles. The lowest BCUT2D eigenvalue weighted by molar-refractivity contribution is -0.384. The van der Waals surface area contributed by atoms with Crippen LogP contribution < -0.4 is 19.9 Å². The number of allylic oxidation sites excluding steroid dienone is 1. The Labute approximate surface area is 261 Å². The molecule has 2 heterocycles. The molecule has 0 bridgehead atoms. The summed E-state index contributed by atoms with van der Waals surface area (Å²) in [6.07, 6.45) is 9.60. The molecule has 0 saturated carbocycles. The summed E-state index contributed by atoms with van der Waals surface area (Å²) in [5.74, 6) is 0.824. The van der Waals surface area contributed by atoms with Gasteiger partial charge in [-0.05, 0) is 70.3 Å². The molecule has 0 spiro atoms. The third-order valence-electron chi connectivity index (χ3n) is 8.33. The van der Waals surface area contributed by atoms with Gasteiger partial charge in [-0.15, -0.1) is 0 Å². The second kappa shape index (κ2) is 15.0. The average molecular weight is 602 g/mol. The van der Waals surface area contributed by atoms with Gasteiger partial charge < -0.3 is 24.8 Å². The number of hydrogen-bond donors (Lipinski definition) is 1. The van der Waals surface area contributed by atoms with Gasteiger partial charge in [0, 0.05) is 50.9 Å². The highest BCUT2D eigenvalue weighted by Crippen LogP contribution is 2.40. The van der Waals surface area contributed by atoms with Gasteiger partial charge in [-0.2, -0.15) is 0 Å². The normalized spacial score (nSPS) is 13.5. The highest BCUT2D eigenvalue weighted by molar-refractivity contribution is 5.86. The molecule has 236 valence electrons. The van der Waals surface area contributed by atoms with Crippen molar-refractivity contribution >= 4 is 34.3 Å². The fourth-order valence-corrected chi connectivity index (χ4v) is 5.72. The van der Waals surface area contributed by atoms with Crippen LogP contribution in [0.4, 0.5) is 28.7 Å². The largest absolute Gasteiger partial charge is 0.494 e. The second-order valence-corrected chi connectivity index (χ2v) is 11.7. The molecule has 0 atom stereocenters. The van der Waals surface area contributed by atoms with E-state index >= 15 is 0 Å². The van der Waals surface area contributed by atoms with Crippen LogP contribution in [0.25, 0.3) is 5.57 Å². The zero-order valence-electron chi connectivity index (χ0n) is 27.3. The number of ether oxygens (including phenoxy) is 1. The Morgan fingerprint density at radius 1 is 1.18 bits per heavy atom. The number of aromatic nitrogens is 2. The van der Waals surface area contributed by atoms with E-state index in [-0.39, 0.29) is 10.6 Å². The maximum absolute atomic E-state index is 12.2. The summed E-state index contributed by atoms with van der Waals surface area (Å²) >= 11 is 0. The van der Waals surface area contributed by atoms with E-state index in [2.05, 4.69) is 48.3 Å². The maximum Gasteiger partial charge on any atom is 0.294 e.